The Labute approximate surface area is 163 Å². The summed E-state index contributed by atoms with van der Waals surface area (Å²) in [5.41, 5.74) is 3.80. The Kier molecular flexibility index (Phi) is 4.84. The first-order valence-electron chi connectivity index (χ1n) is 9.61. The van der Waals surface area contributed by atoms with Crippen molar-refractivity contribution in [2.45, 2.75) is 69.8 Å². The molecular formula is C21H25N3O2S. The number of aromatic nitrogens is 3. The van der Waals surface area contributed by atoms with Crippen LogP contribution in [0.2, 0.25) is 0 Å². The van der Waals surface area contributed by atoms with Gasteiger partial charge in [0, 0.05) is 29.7 Å². The fraction of sp³-hybridized carbons (Fsp3) is 0.476. The minimum atomic E-state index is -0.301. The SMILES string of the molecule is CCn1c(SCc2cc(=O)oc3cc(C)c(C(C)C)cc23)nnc1C1CC1. The van der Waals surface area contributed by atoms with Gasteiger partial charge in [-0.05, 0) is 61.4 Å². The van der Waals surface area contributed by atoms with Gasteiger partial charge < -0.3 is 8.98 Å². The zero-order valence-electron chi connectivity index (χ0n) is 16.3. The van der Waals surface area contributed by atoms with E-state index in [-0.39, 0.29) is 5.63 Å². The van der Waals surface area contributed by atoms with Crippen LogP contribution in [0.5, 0.6) is 0 Å². The highest BCUT2D eigenvalue weighted by molar-refractivity contribution is 7.98. The molecule has 3 aromatic rings. The molecule has 6 heteroatoms. The Bertz CT molecular complexity index is 1050. The van der Waals surface area contributed by atoms with Crippen LogP contribution in [-0.2, 0) is 12.3 Å². The molecule has 0 aliphatic heterocycles. The molecular weight excluding hydrogens is 358 g/mol. The van der Waals surface area contributed by atoms with E-state index >= 15 is 0 Å². The molecule has 4 rings (SSSR count). The number of thioether (sulfide) groups is 1. The monoisotopic (exact) mass is 383 g/mol. The standard InChI is InChI=1S/C21H25N3O2S/c1-5-24-20(14-6-7-14)22-23-21(24)27-11-15-9-19(25)26-18-8-13(4)16(12(2)3)10-17(15)18/h8-10,12,14H,5-7,11H2,1-4H3. The van der Waals surface area contributed by atoms with Gasteiger partial charge in [0.05, 0.1) is 0 Å². The zero-order chi connectivity index (χ0) is 19.1. The fourth-order valence-corrected chi connectivity index (χ4v) is 4.62. The quantitative estimate of drug-likeness (QED) is 0.442. The summed E-state index contributed by atoms with van der Waals surface area (Å²) in [6.07, 6.45) is 2.43. The van der Waals surface area contributed by atoms with Crippen LogP contribution in [0.25, 0.3) is 11.0 Å². The van der Waals surface area contributed by atoms with Crippen molar-refractivity contribution >= 4 is 22.7 Å². The molecule has 142 valence electrons. The second-order valence-electron chi connectivity index (χ2n) is 7.60. The number of hydrogen-bond donors (Lipinski definition) is 0. The highest BCUT2D eigenvalue weighted by Gasteiger charge is 2.30. The summed E-state index contributed by atoms with van der Waals surface area (Å²) in [7, 11) is 0. The van der Waals surface area contributed by atoms with E-state index in [0.29, 0.717) is 23.2 Å². The Balaban J connectivity index is 1.69. The molecule has 2 aromatic heterocycles. The Hall–Kier alpha value is -2.08. The molecule has 0 bridgehead atoms. The van der Waals surface area contributed by atoms with Crippen molar-refractivity contribution in [2.24, 2.45) is 0 Å². The summed E-state index contributed by atoms with van der Waals surface area (Å²) in [6.45, 7) is 9.44. The number of aryl methyl sites for hydroxylation is 1. The summed E-state index contributed by atoms with van der Waals surface area (Å²) < 4.78 is 7.67. The molecule has 2 heterocycles. The Morgan fingerprint density at radius 2 is 2.04 bits per heavy atom. The Morgan fingerprint density at radius 3 is 2.70 bits per heavy atom. The number of rotatable bonds is 6. The molecule has 0 N–H and O–H groups in total. The molecule has 1 aromatic carbocycles. The van der Waals surface area contributed by atoms with E-state index in [1.54, 1.807) is 17.8 Å². The molecule has 0 radical (unpaired) electrons. The van der Waals surface area contributed by atoms with Crippen molar-refractivity contribution in [3.8, 4) is 0 Å². The molecule has 1 fully saturated rings. The van der Waals surface area contributed by atoms with Gasteiger partial charge in [0.1, 0.15) is 11.4 Å². The van der Waals surface area contributed by atoms with E-state index < -0.39 is 0 Å². The summed E-state index contributed by atoms with van der Waals surface area (Å²) in [4.78, 5) is 12.1. The van der Waals surface area contributed by atoms with Gasteiger partial charge in [-0.1, -0.05) is 25.6 Å². The first-order valence-corrected chi connectivity index (χ1v) is 10.6. The topological polar surface area (TPSA) is 60.9 Å². The summed E-state index contributed by atoms with van der Waals surface area (Å²) in [5.74, 6) is 2.78. The van der Waals surface area contributed by atoms with E-state index in [1.165, 1.54) is 18.4 Å². The number of benzene rings is 1. The predicted molar refractivity (Wildman–Crippen MR) is 109 cm³/mol. The number of nitrogens with zero attached hydrogens (tertiary/aromatic N) is 3. The summed E-state index contributed by atoms with van der Waals surface area (Å²) >= 11 is 1.64. The van der Waals surface area contributed by atoms with Gasteiger partial charge in [-0.25, -0.2) is 4.79 Å². The highest BCUT2D eigenvalue weighted by atomic mass is 32.2. The van der Waals surface area contributed by atoms with Crippen LogP contribution in [0.15, 0.2) is 32.6 Å². The smallest absolute Gasteiger partial charge is 0.336 e. The van der Waals surface area contributed by atoms with Gasteiger partial charge >= 0.3 is 5.63 Å². The molecule has 27 heavy (non-hydrogen) atoms. The van der Waals surface area contributed by atoms with Crippen LogP contribution in [0.3, 0.4) is 0 Å². The molecule has 1 aliphatic rings. The molecule has 0 amide bonds. The van der Waals surface area contributed by atoms with Gasteiger partial charge in [-0.2, -0.15) is 0 Å². The third-order valence-corrected chi connectivity index (χ3v) is 6.22. The molecule has 5 nitrogen and oxygen atoms in total. The first kappa shape index (κ1) is 18.3. The van der Waals surface area contributed by atoms with Crippen LogP contribution < -0.4 is 5.63 Å². The van der Waals surface area contributed by atoms with E-state index in [2.05, 4.69) is 48.5 Å². The molecule has 0 saturated heterocycles. The second kappa shape index (κ2) is 7.15. The molecule has 0 atom stereocenters. The maximum atomic E-state index is 12.1. The average molecular weight is 384 g/mol. The zero-order valence-corrected chi connectivity index (χ0v) is 17.1. The summed E-state index contributed by atoms with van der Waals surface area (Å²) in [5, 5.41) is 10.7. The lowest BCUT2D eigenvalue weighted by molar-refractivity contribution is 0.559. The van der Waals surface area contributed by atoms with Crippen LogP contribution >= 0.6 is 11.8 Å². The van der Waals surface area contributed by atoms with E-state index in [0.717, 1.165) is 34.0 Å². The van der Waals surface area contributed by atoms with Crippen molar-refractivity contribution in [1.82, 2.24) is 14.8 Å². The van der Waals surface area contributed by atoms with Crippen molar-refractivity contribution in [3.05, 3.63) is 51.1 Å². The largest absolute Gasteiger partial charge is 0.423 e. The van der Waals surface area contributed by atoms with Crippen molar-refractivity contribution in [3.63, 3.8) is 0 Å². The Morgan fingerprint density at radius 1 is 1.26 bits per heavy atom. The van der Waals surface area contributed by atoms with Gasteiger partial charge in [-0.3, -0.25) is 0 Å². The lowest BCUT2D eigenvalue weighted by Crippen LogP contribution is -2.04. The van der Waals surface area contributed by atoms with Crippen LogP contribution in [0.4, 0.5) is 0 Å². The maximum Gasteiger partial charge on any atom is 0.336 e. The molecule has 1 aliphatic carbocycles. The summed E-state index contributed by atoms with van der Waals surface area (Å²) in [6, 6.07) is 5.78. The van der Waals surface area contributed by atoms with Crippen LogP contribution in [0, 0.1) is 6.92 Å². The van der Waals surface area contributed by atoms with Gasteiger partial charge in [0.15, 0.2) is 5.16 Å². The normalized spacial score (nSPS) is 14.4. The van der Waals surface area contributed by atoms with E-state index in [4.69, 9.17) is 4.42 Å². The van der Waals surface area contributed by atoms with Gasteiger partial charge in [0.2, 0.25) is 0 Å². The number of fused-ring (bicyclic) bond motifs is 1. The highest BCUT2D eigenvalue weighted by Crippen LogP contribution is 2.40. The van der Waals surface area contributed by atoms with Crippen molar-refractivity contribution in [2.75, 3.05) is 0 Å². The van der Waals surface area contributed by atoms with Crippen molar-refractivity contribution < 1.29 is 4.42 Å². The van der Waals surface area contributed by atoms with Crippen LogP contribution in [-0.4, -0.2) is 14.8 Å². The lowest BCUT2D eigenvalue weighted by atomic mass is 9.95. The van der Waals surface area contributed by atoms with Crippen molar-refractivity contribution in [1.29, 1.82) is 0 Å². The van der Waals surface area contributed by atoms with Crippen LogP contribution in [0.1, 0.15) is 68.0 Å². The van der Waals surface area contributed by atoms with Gasteiger partial charge in [-0.15, -0.1) is 10.2 Å². The molecule has 1 saturated carbocycles. The lowest BCUT2D eigenvalue weighted by Gasteiger charge is -2.13. The fourth-order valence-electron chi connectivity index (χ4n) is 3.62. The maximum absolute atomic E-state index is 12.1. The third-order valence-electron chi connectivity index (χ3n) is 5.20. The average Bonchev–Trinajstić information content (AvgIpc) is 3.38. The number of hydrogen-bond acceptors (Lipinski definition) is 5. The molecule has 0 spiro atoms. The first-order chi connectivity index (χ1) is 13.0. The van der Waals surface area contributed by atoms with Gasteiger partial charge in [0.25, 0.3) is 0 Å². The third kappa shape index (κ3) is 3.55. The second-order valence-corrected chi connectivity index (χ2v) is 8.54. The molecule has 0 unspecified atom stereocenters. The van der Waals surface area contributed by atoms with E-state index in [9.17, 15) is 4.79 Å². The van der Waals surface area contributed by atoms with E-state index in [1.807, 2.05) is 6.07 Å². The minimum absolute atomic E-state index is 0.301. The predicted octanol–water partition coefficient (Wildman–Crippen LogP) is 5.01. The minimum Gasteiger partial charge on any atom is -0.423 e.